The predicted molar refractivity (Wildman–Crippen MR) is 136 cm³/mol. The number of benzene rings is 3. The molecule has 4 rings (SSSR count). The molecule has 4 aromatic rings. The number of ether oxygens (including phenoxy) is 1. The van der Waals surface area contributed by atoms with Crippen LogP contribution in [0.1, 0.15) is 27.3 Å². The smallest absolute Gasteiger partial charge is 0.251 e. The Morgan fingerprint density at radius 1 is 1.03 bits per heavy atom. The van der Waals surface area contributed by atoms with Crippen molar-refractivity contribution in [2.45, 2.75) is 24.4 Å². The van der Waals surface area contributed by atoms with Crippen molar-refractivity contribution in [2.24, 2.45) is 0 Å². The number of thioether (sulfide) groups is 1. The molecule has 1 N–H and O–H groups in total. The van der Waals surface area contributed by atoms with Gasteiger partial charge >= 0.3 is 0 Å². The average molecular weight is 513 g/mol. The quantitative estimate of drug-likeness (QED) is 0.288. The predicted octanol–water partition coefficient (Wildman–Crippen LogP) is 6.11. The molecule has 0 bridgehead atoms. The van der Waals surface area contributed by atoms with E-state index in [9.17, 15) is 4.79 Å². The lowest BCUT2D eigenvalue weighted by atomic mass is 10.2. The summed E-state index contributed by atoms with van der Waals surface area (Å²) in [6.07, 6.45) is 0. The van der Waals surface area contributed by atoms with Gasteiger partial charge in [-0.25, -0.2) is 0 Å². The van der Waals surface area contributed by atoms with Gasteiger partial charge in [0.2, 0.25) is 0 Å². The van der Waals surface area contributed by atoms with Crippen LogP contribution in [0, 0.1) is 6.92 Å². The number of carbonyl (C=O) groups excluding carboxylic acids is 1. The van der Waals surface area contributed by atoms with Crippen molar-refractivity contribution < 1.29 is 9.53 Å². The largest absolute Gasteiger partial charge is 0.497 e. The normalized spacial score (nSPS) is 10.8. The minimum absolute atomic E-state index is 0.184. The molecule has 0 radical (unpaired) electrons. The number of hydrogen-bond acceptors (Lipinski definition) is 5. The number of amides is 1. The fourth-order valence-corrected chi connectivity index (χ4v) is 4.55. The number of nitrogens with zero attached hydrogens (tertiary/aromatic N) is 3. The molecule has 0 saturated carbocycles. The van der Waals surface area contributed by atoms with E-state index in [0.29, 0.717) is 32.3 Å². The molecule has 0 aliphatic carbocycles. The van der Waals surface area contributed by atoms with Crippen molar-refractivity contribution in [3.05, 3.63) is 99.3 Å². The third-order valence-corrected chi connectivity index (χ3v) is 6.81. The van der Waals surface area contributed by atoms with E-state index < -0.39 is 0 Å². The molecule has 0 atom stereocenters. The van der Waals surface area contributed by atoms with Crippen LogP contribution in [0.2, 0.25) is 10.0 Å². The van der Waals surface area contributed by atoms with Crippen molar-refractivity contribution in [3.8, 4) is 11.4 Å². The molecule has 0 saturated heterocycles. The molecule has 6 nitrogen and oxygen atoms in total. The van der Waals surface area contributed by atoms with Gasteiger partial charge in [0.1, 0.15) is 5.75 Å². The Balaban J connectivity index is 1.58. The lowest BCUT2D eigenvalue weighted by Gasteiger charge is -2.12. The summed E-state index contributed by atoms with van der Waals surface area (Å²) >= 11 is 14.0. The van der Waals surface area contributed by atoms with Crippen LogP contribution < -0.4 is 10.1 Å². The van der Waals surface area contributed by atoms with Crippen LogP contribution >= 0.6 is 35.0 Å². The van der Waals surface area contributed by atoms with Crippen LogP contribution in [0.3, 0.4) is 0 Å². The van der Waals surface area contributed by atoms with Gasteiger partial charge in [0.15, 0.2) is 11.0 Å². The molecule has 9 heteroatoms. The summed E-state index contributed by atoms with van der Waals surface area (Å²) in [6.45, 7) is 2.25. The third kappa shape index (κ3) is 5.73. The summed E-state index contributed by atoms with van der Waals surface area (Å²) < 4.78 is 7.04. The van der Waals surface area contributed by atoms with E-state index in [0.717, 1.165) is 11.4 Å². The second kappa shape index (κ2) is 11.0. The first kappa shape index (κ1) is 24.1. The Morgan fingerprint density at radius 3 is 2.53 bits per heavy atom. The maximum absolute atomic E-state index is 12.7. The van der Waals surface area contributed by atoms with Gasteiger partial charge in [-0.1, -0.05) is 64.8 Å². The fraction of sp³-hybridized carbons (Fsp3) is 0.160. The van der Waals surface area contributed by atoms with E-state index >= 15 is 0 Å². The van der Waals surface area contributed by atoms with E-state index in [1.54, 1.807) is 55.3 Å². The maximum Gasteiger partial charge on any atom is 0.251 e. The van der Waals surface area contributed by atoms with Crippen LogP contribution in [-0.4, -0.2) is 27.8 Å². The zero-order valence-corrected chi connectivity index (χ0v) is 20.9. The standard InChI is InChI=1S/C25H22Cl2N4O2S/c1-16-4-3-5-17(12-16)15-34-25-30-29-23(31(25)19-8-11-21(26)22(27)13-19)14-28-24(32)18-6-9-20(33-2)10-7-18/h3-13H,14-15H2,1-2H3,(H,28,32). The van der Waals surface area contributed by atoms with E-state index in [1.807, 2.05) is 16.7 Å². The maximum atomic E-state index is 12.7. The highest BCUT2D eigenvalue weighted by molar-refractivity contribution is 7.98. The van der Waals surface area contributed by atoms with Gasteiger partial charge in [-0.3, -0.25) is 9.36 Å². The number of aromatic nitrogens is 3. The number of rotatable bonds is 8. The number of nitrogens with one attached hydrogen (secondary N) is 1. The van der Waals surface area contributed by atoms with Gasteiger partial charge in [0, 0.05) is 11.3 Å². The van der Waals surface area contributed by atoms with E-state index in [-0.39, 0.29) is 12.5 Å². The van der Waals surface area contributed by atoms with Gasteiger partial charge in [-0.2, -0.15) is 0 Å². The number of carbonyl (C=O) groups is 1. The first-order chi connectivity index (χ1) is 16.4. The highest BCUT2D eigenvalue weighted by Gasteiger charge is 2.17. The Labute approximate surface area is 212 Å². The SMILES string of the molecule is COc1ccc(C(=O)NCc2nnc(SCc3cccc(C)c3)n2-c2ccc(Cl)c(Cl)c2)cc1. The first-order valence-electron chi connectivity index (χ1n) is 10.4. The minimum Gasteiger partial charge on any atom is -0.497 e. The molecule has 0 aliphatic rings. The van der Waals surface area contributed by atoms with E-state index in [1.165, 1.54) is 11.1 Å². The molecule has 1 amide bonds. The van der Waals surface area contributed by atoms with Crippen LogP contribution in [0.25, 0.3) is 5.69 Å². The molecule has 0 unspecified atom stereocenters. The average Bonchev–Trinajstić information content (AvgIpc) is 3.26. The van der Waals surface area contributed by atoms with Crippen molar-refractivity contribution in [1.82, 2.24) is 20.1 Å². The minimum atomic E-state index is -0.222. The third-order valence-electron chi connectivity index (χ3n) is 5.07. The highest BCUT2D eigenvalue weighted by atomic mass is 35.5. The van der Waals surface area contributed by atoms with E-state index in [2.05, 4.69) is 40.6 Å². The summed E-state index contributed by atoms with van der Waals surface area (Å²) in [5.41, 5.74) is 3.67. The van der Waals surface area contributed by atoms with Crippen LogP contribution in [-0.2, 0) is 12.3 Å². The second-order valence-corrected chi connectivity index (χ2v) is 9.28. The number of methoxy groups -OCH3 is 1. The monoisotopic (exact) mass is 512 g/mol. The van der Waals surface area contributed by atoms with Crippen molar-refractivity contribution in [2.75, 3.05) is 7.11 Å². The fourth-order valence-electron chi connectivity index (χ4n) is 3.35. The van der Waals surface area contributed by atoms with Gasteiger partial charge in [0.25, 0.3) is 5.91 Å². The van der Waals surface area contributed by atoms with Crippen LogP contribution in [0.15, 0.2) is 71.9 Å². The van der Waals surface area contributed by atoms with Gasteiger partial charge in [-0.05, 0) is 55.0 Å². The molecule has 1 aromatic heterocycles. The Kier molecular flexibility index (Phi) is 7.77. The lowest BCUT2D eigenvalue weighted by Crippen LogP contribution is -2.24. The van der Waals surface area contributed by atoms with Gasteiger partial charge in [-0.15, -0.1) is 10.2 Å². The van der Waals surface area contributed by atoms with Crippen molar-refractivity contribution in [3.63, 3.8) is 0 Å². The zero-order valence-electron chi connectivity index (χ0n) is 18.6. The van der Waals surface area contributed by atoms with E-state index in [4.69, 9.17) is 27.9 Å². The first-order valence-corrected chi connectivity index (χ1v) is 12.2. The van der Waals surface area contributed by atoms with Crippen LogP contribution in [0.5, 0.6) is 5.75 Å². The number of hydrogen-bond donors (Lipinski definition) is 1. The van der Waals surface area contributed by atoms with Gasteiger partial charge in [0.05, 0.1) is 29.4 Å². The molecule has 0 spiro atoms. The van der Waals surface area contributed by atoms with Crippen molar-refractivity contribution >= 4 is 40.9 Å². The van der Waals surface area contributed by atoms with Crippen LogP contribution in [0.4, 0.5) is 0 Å². The molecule has 34 heavy (non-hydrogen) atoms. The second-order valence-electron chi connectivity index (χ2n) is 7.52. The Morgan fingerprint density at radius 2 is 1.82 bits per heavy atom. The molecular formula is C25H22Cl2N4O2S. The molecular weight excluding hydrogens is 491 g/mol. The lowest BCUT2D eigenvalue weighted by molar-refractivity contribution is 0.0949. The number of halogens is 2. The summed E-state index contributed by atoms with van der Waals surface area (Å²) in [7, 11) is 1.58. The number of aryl methyl sites for hydroxylation is 1. The Hall–Kier alpha value is -3.00. The summed E-state index contributed by atoms with van der Waals surface area (Å²) in [5, 5.41) is 13.2. The molecule has 1 heterocycles. The molecule has 0 fully saturated rings. The highest BCUT2D eigenvalue weighted by Crippen LogP contribution is 2.29. The Bertz CT molecular complexity index is 1310. The van der Waals surface area contributed by atoms with Gasteiger partial charge < -0.3 is 10.1 Å². The van der Waals surface area contributed by atoms with Crippen molar-refractivity contribution in [1.29, 1.82) is 0 Å². The summed E-state index contributed by atoms with van der Waals surface area (Å²) in [5.74, 6) is 1.76. The summed E-state index contributed by atoms with van der Waals surface area (Å²) in [6, 6.07) is 20.6. The molecule has 0 aliphatic heterocycles. The topological polar surface area (TPSA) is 69.0 Å². The summed E-state index contributed by atoms with van der Waals surface area (Å²) in [4.78, 5) is 12.7. The molecule has 174 valence electrons. The molecule has 3 aromatic carbocycles. The zero-order chi connectivity index (χ0) is 24.1.